The van der Waals surface area contributed by atoms with Gasteiger partial charge in [-0.15, -0.1) is 0 Å². The van der Waals surface area contributed by atoms with E-state index in [0.717, 1.165) is 63.2 Å². The summed E-state index contributed by atoms with van der Waals surface area (Å²) in [7, 11) is 0. The van der Waals surface area contributed by atoms with Crippen LogP contribution in [-0.4, -0.2) is 44.0 Å². The number of hydrogen-bond donors (Lipinski definition) is 0. The molecule has 0 aliphatic carbocycles. The number of aromatic nitrogens is 1. The van der Waals surface area contributed by atoms with Gasteiger partial charge in [0, 0.05) is 42.9 Å². The Morgan fingerprint density at radius 3 is 2.88 bits per heavy atom. The maximum Gasteiger partial charge on any atom is 0.149 e. The van der Waals surface area contributed by atoms with Gasteiger partial charge < -0.3 is 14.4 Å². The summed E-state index contributed by atoms with van der Waals surface area (Å²) in [5.41, 5.74) is 1.52. The molecular weight excluding hydrogens is 307 g/mol. The Morgan fingerprint density at radius 2 is 2.08 bits per heavy atom. The van der Waals surface area contributed by atoms with Crippen LogP contribution in [0.3, 0.4) is 0 Å². The number of para-hydroxylation sites is 1. The molecule has 0 spiro atoms. The molecule has 3 heterocycles. The van der Waals surface area contributed by atoms with Crippen LogP contribution in [-0.2, 0) is 9.47 Å². The van der Waals surface area contributed by atoms with Gasteiger partial charge in [-0.05, 0) is 31.4 Å². The first-order valence-corrected chi connectivity index (χ1v) is 8.79. The molecule has 4 rings (SSSR count). The summed E-state index contributed by atoms with van der Waals surface area (Å²) < 4.78 is 25.4. The number of fused-ring (bicyclic) bond motifs is 1. The van der Waals surface area contributed by atoms with Gasteiger partial charge in [-0.25, -0.2) is 4.39 Å². The summed E-state index contributed by atoms with van der Waals surface area (Å²) in [6, 6.07) is 7.15. The van der Waals surface area contributed by atoms with Crippen LogP contribution in [0.1, 0.15) is 19.3 Å². The van der Waals surface area contributed by atoms with Crippen molar-refractivity contribution in [2.75, 3.05) is 37.8 Å². The number of anilines is 1. The minimum absolute atomic E-state index is 0.258. The molecule has 0 bridgehead atoms. The molecule has 1 atom stereocenters. The lowest BCUT2D eigenvalue weighted by Crippen LogP contribution is -2.37. The van der Waals surface area contributed by atoms with Gasteiger partial charge in [0.05, 0.1) is 19.3 Å². The number of piperidine rings is 1. The van der Waals surface area contributed by atoms with Gasteiger partial charge in [0.2, 0.25) is 0 Å². The molecule has 2 saturated heterocycles. The Bertz CT molecular complexity index is 695. The molecular formula is C19H23FN2O2. The van der Waals surface area contributed by atoms with Gasteiger partial charge in [0.15, 0.2) is 0 Å². The Morgan fingerprint density at radius 1 is 1.21 bits per heavy atom. The fourth-order valence-electron chi connectivity index (χ4n) is 3.65. The number of pyridine rings is 1. The van der Waals surface area contributed by atoms with Gasteiger partial charge in [-0.1, -0.05) is 12.1 Å². The lowest BCUT2D eigenvalue weighted by molar-refractivity contribution is 0.0132. The molecule has 4 nitrogen and oxygen atoms in total. The van der Waals surface area contributed by atoms with Crippen LogP contribution in [0.15, 0.2) is 30.5 Å². The number of ether oxygens (including phenoxy) is 2. The second-order valence-corrected chi connectivity index (χ2v) is 6.72. The smallest absolute Gasteiger partial charge is 0.149 e. The van der Waals surface area contributed by atoms with Gasteiger partial charge in [-0.2, -0.15) is 0 Å². The van der Waals surface area contributed by atoms with E-state index in [1.165, 1.54) is 6.07 Å². The van der Waals surface area contributed by atoms with Crippen molar-refractivity contribution in [2.45, 2.75) is 25.4 Å². The third-order valence-corrected chi connectivity index (χ3v) is 5.07. The summed E-state index contributed by atoms with van der Waals surface area (Å²) in [6.07, 6.45) is 5.16. The van der Waals surface area contributed by atoms with Crippen molar-refractivity contribution < 1.29 is 13.9 Å². The monoisotopic (exact) mass is 330 g/mol. The van der Waals surface area contributed by atoms with Crippen LogP contribution in [0.5, 0.6) is 0 Å². The molecule has 24 heavy (non-hydrogen) atoms. The van der Waals surface area contributed by atoms with Gasteiger partial charge in [0.25, 0.3) is 0 Å². The second-order valence-electron chi connectivity index (χ2n) is 6.72. The second kappa shape index (κ2) is 7.03. The zero-order valence-electron chi connectivity index (χ0n) is 13.8. The van der Waals surface area contributed by atoms with E-state index in [1.54, 1.807) is 12.3 Å². The van der Waals surface area contributed by atoms with Crippen LogP contribution in [0.25, 0.3) is 10.9 Å². The van der Waals surface area contributed by atoms with Gasteiger partial charge in [0.1, 0.15) is 11.3 Å². The topological polar surface area (TPSA) is 34.6 Å². The van der Waals surface area contributed by atoms with Crippen molar-refractivity contribution in [3.8, 4) is 0 Å². The Balaban J connectivity index is 1.40. The largest absolute Gasteiger partial charge is 0.381 e. The number of halogens is 1. The Hall–Kier alpha value is -1.72. The fraction of sp³-hybridized carbons (Fsp3) is 0.526. The van der Waals surface area contributed by atoms with E-state index in [0.29, 0.717) is 17.5 Å². The summed E-state index contributed by atoms with van der Waals surface area (Å²) in [5, 5.41) is 0.889. The maximum atomic E-state index is 13.9. The Labute approximate surface area is 141 Å². The highest BCUT2D eigenvalue weighted by atomic mass is 19.1. The molecule has 5 heteroatoms. The lowest BCUT2D eigenvalue weighted by Gasteiger charge is -2.34. The quantitative estimate of drug-likeness (QED) is 0.861. The highest BCUT2D eigenvalue weighted by Gasteiger charge is 2.23. The molecule has 128 valence electrons. The first-order valence-electron chi connectivity index (χ1n) is 8.79. The summed E-state index contributed by atoms with van der Waals surface area (Å²) in [4.78, 5) is 6.51. The van der Waals surface area contributed by atoms with Crippen LogP contribution in [0.4, 0.5) is 10.1 Å². The number of hydrogen-bond acceptors (Lipinski definition) is 4. The van der Waals surface area contributed by atoms with Crippen LogP contribution in [0.2, 0.25) is 0 Å². The molecule has 0 unspecified atom stereocenters. The minimum Gasteiger partial charge on any atom is -0.381 e. The van der Waals surface area contributed by atoms with E-state index < -0.39 is 0 Å². The van der Waals surface area contributed by atoms with E-state index in [-0.39, 0.29) is 5.82 Å². The molecule has 2 fully saturated rings. The first kappa shape index (κ1) is 15.8. The van der Waals surface area contributed by atoms with E-state index >= 15 is 0 Å². The standard InChI is InChI=1S/C19H23FN2O2/c20-17-3-1-2-16-18(4-8-21-19(16)17)22-9-5-15(6-10-22)24-13-14-7-11-23-12-14/h1-4,8,14-15H,5-7,9-13H2/t14-/m1/s1. The van der Waals surface area contributed by atoms with Crippen molar-refractivity contribution in [2.24, 2.45) is 5.92 Å². The normalized spacial score (nSPS) is 22.4. The van der Waals surface area contributed by atoms with Crippen molar-refractivity contribution in [1.82, 2.24) is 4.98 Å². The lowest BCUT2D eigenvalue weighted by atomic mass is 10.0. The molecule has 0 radical (unpaired) electrons. The van der Waals surface area contributed by atoms with E-state index in [2.05, 4.69) is 9.88 Å². The average Bonchev–Trinajstić information content (AvgIpc) is 3.14. The van der Waals surface area contributed by atoms with Crippen molar-refractivity contribution in [3.05, 3.63) is 36.3 Å². The molecule has 0 N–H and O–H groups in total. The minimum atomic E-state index is -0.258. The number of rotatable bonds is 4. The zero-order valence-corrected chi connectivity index (χ0v) is 13.8. The third kappa shape index (κ3) is 3.23. The van der Waals surface area contributed by atoms with E-state index in [1.807, 2.05) is 12.1 Å². The molecule has 1 aromatic carbocycles. The molecule has 2 aliphatic rings. The molecule has 0 amide bonds. The third-order valence-electron chi connectivity index (χ3n) is 5.07. The van der Waals surface area contributed by atoms with Gasteiger partial charge in [-0.3, -0.25) is 4.98 Å². The van der Waals surface area contributed by atoms with Crippen LogP contribution >= 0.6 is 0 Å². The van der Waals surface area contributed by atoms with Crippen LogP contribution < -0.4 is 4.90 Å². The highest BCUT2D eigenvalue weighted by molar-refractivity contribution is 5.91. The van der Waals surface area contributed by atoms with E-state index in [9.17, 15) is 4.39 Å². The SMILES string of the molecule is Fc1cccc2c(N3CCC(OC[C@@H]4CCOC4)CC3)ccnc12. The summed E-state index contributed by atoms with van der Waals surface area (Å²) in [5.74, 6) is 0.307. The number of benzene rings is 1. The predicted molar refractivity (Wildman–Crippen MR) is 91.8 cm³/mol. The molecule has 2 aromatic rings. The number of nitrogens with zero attached hydrogens (tertiary/aromatic N) is 2. The molecule has 0 saturated carbocycles. The van der Waals surface area contributed by atoms with Crippen molar-refractivity contribution in [3.63, 3.8) is 0 Å². The summed E-state index contributed by atoms with van der Waals surface area (Å²) >= 11 is 0. The van der Waals surface area contributed by atoms with Crippen molar-refractivity contribution >= 4 is 16.6 Å². The fourth-order valence-corrected chi connectivity index (χ4v) is 3.65. The van der Waals surface area contributed by atoms with Crippen molar-refractivity contribution in [1.29, 1.82) is 0 Å². The van der Waals surface area contributed by atoms with E-state index in [4.69, 9.17) is 9.47 Å². The zero-order chi connectivity index (χ0) is 16.4. The highest BCUT2D eigenvalue weighted by Crippen LogP contribution is 2.29. The predicted octanol–water partition coefficient (Wildman–Crippen LogP) is 3.40. The molecule has 1 aromatic heterocycles. The Kier molecular flexibility index (Phi) is 4.63. The molecule has 2 aliphatic heterocycles. The first-order chi connectivity index (χ1) is 11.8. The summed E-state index contributed by atoms with van der Waals surface area (Å²) in [6.45, 7) is 4.39. The van der Waals surface area contributed by atoms with Gasteiger partial charge >= 0.3 is 0 Å². The van der Waals surface area contributed by atoms with Crippen LogP contribution in [0, 0.1) is 11.7 Å². The average molecular weight is 330 g/mol. The maximum absolute atomic E-state index is 13.9.